The molecule has 2 fully saturated rings. The molecule has 7 heteroatoms. The summed E-state index contributed by atoms with van der Waals surface area (Å²) >= 11 is 0. The maximum absolute atomic E-state index is 13.2. The third kappa shape index (κ3) is 4.23. The van der Waals surface area contributed by atoms with Crippen LogP contribution in [0.25, 0.3) is 0 Å². The van der Waals surface area contributed by atoms with Gasteiger partial charge in [-0.05, 0) is 17.7 Å². The lowest BCUT2D eigenvalue weighted by atomic mass is 10.1. The van der Waals surface area contributed by atoms with Gasteiger partial charge in [0.2, 0.25) is 0 Å². The van der Waals surface area contributed by atoms with Crippen molar-refractivity contribution in [2.45, 2.75) is 31.4 Å². The molecule has 23 heavy (non-hydrogen) atoms. The molecule has 3 rings (SSSR count). The predicted octanol–water partition coefficient (Wildman–Crippen LogP) is 1.54. The molecule has 2 aliphatic rings. The highest BCUT2D eigenvalue weighted by Crippen LogP contribution is 2.28. The molecule has 5 nitrogen and oxygen atoms in total. The standard InChI is InChI=1S/C16H21F2N3O2/c17-16(18)3-7-21(8-4-16)15(22)14-12-20(9-10-23-14)11-13-1-5-19-6-2-13/h1-2,5-6,14H,3-4,7-12H2. The van der Waals surface area contributed by atoms with Crippen molar-refractivity contribution < 1.29 is 18.3 Å². The highest BCUT2D eigenvalue weighted by atomic mass is 19.3. The van der Waals surface area contributed by atoms with Crippen molar-refractivity contribution in [3.8, 4) is 0 Å². The normalized spacial score (nSPS) is 25.3. The monoisotopic (exact) mass is 325 g/mol. The zero-order valence-corrected chi connectivity index (χ0v) is 13.0. The summed E-state index contributed by atoms with van der Waals surface area (Å²) in [6.07, 6.45) is 2.41. The molecule has 1 aromatic rings. The van der Waals surface area contributed by atoms with E-state index in [4.69, 9.17) is 4.74 Å². The van der Waals surface area contributed by atoms with Gasteiger partial charge in [-0.1, -0.05) is 0 Å². The first-order valence-corrected chi connectivity index (χ1v) is 7.93. The number of alkyl halides is 2. The molecule has 1 amide bonds. The number of hydrogen-bond acceptors (Lipinski definition) is 4. The average molecular weight is 325 g/mol. The molecule has 0 radical (unpaired) electrons. The van der Waals surface area contributed by atoms with Gasteiger partial charge in [0.1, 0.15) is 6.10 Å². The van der Waals surface area contributed by atoms with Crippen LogP contribution in [-0.2, 0) is 16.1 Å². The Morgan fingerprint density at radius 2 is 1.96 bits per heavy atom. The van der Waals surface area contributed by atoms with Crippen molar-refractivity contribution in [3.05, 3.63) is 30.1 Å². The van der Waals surface area contributed by atoms with Gasteiger partial charge in [0.25, 0.3) is 11.8 Å². The SMILES string of the molecule is O=C(C1CN(Cc2ccncc2)CCO1)N1CCC(F)(F)CC1. The van der Waals surface area contributed by atoms with Gasteiger partial charge in [0.15, 0.2) is 0 Å². The molecule has 2 saturated heterocycles. The third-order valence-corrected chi connectivity index (χ3v) is 4.39. The van der Waals surface area contributed by atoms with E-state index in [0.717, 1.165) is 18.7 Å². The molecule has 0 saturated carbocycles. The largest absolute Gasteiger partial charge is 0.366 e. The zero-order chi connectivity index (χ0) is 16.3. The van der Waals surface area contributed by atoms with Crippen LogP contribution < -0.4 is 0 Å². The van der Waals surface area contributed by atoms with Gasteiger partial charge < -0.3 is 9.64 Å². The molecule has 2 aliphatic heterocycles. The van der Waals surface area contributed by atoms with Crippen molar-refractivity contribution in [1.29, 1.82) is 0 Å². The molecule has 3 heterocycles. The lowest BCUT2D eigenvalue weighted by molar-refractivity contribution is -0.155. The van der Waals surface area contributed by atoms with Crippen molar-refractivity contribution >= 4 is 5.91 Å². The Kier molecular flexibility index (Phi) is 4.87. The van der Waals surface area contributed by atoms with Crippen LogP contribution in [0.15, 0.2) is 24.5 Å². The van der Waals surface area contributed by atoms with Crippen LogP contribution in [0.3, 0.4) is 0 Å². The molecule has 1 atom stereocenters. The van der Waals surface area contributed by atoms with E-state index in [1.165, 1.54) is 4.90 Å². The highest BCUT2D eigenvalue weighted by Gasteiger charge is 2.38. The number of ether oxygens (including phenoxy) is 1. The van der Waals surface area contributed by atoms with Crippen LogP contribution in [0.4, 0.5) is 8.78 Å². The van der Waals surface area contributed by atoms with E-state index in [0.29, 0.717) is 13.2 Å². The molecule has 0 bridgehead atoms. The van der Waals surface area contributed by atoms with Crippen LogP contribution in [0.1, 0.15) is 18.4 Å². The number of nitrogens with zero attached hydrogens (tertiary/aromatic N) is 3. The number of carbonyl (C=O) groups excluding carboxylic acids is 1. The summed E-state index contributed by atoms with van der Waals surface area (Å²) in [5.74, 6) is -2.81. The van der Waals surface area contributed by atoms with Crippen LogP contribution in [-0.4, -0.2) is 65.5 Å². The maximum atomic E-state index is 13.2. The second kappa shape index (κ2) is 6.88. The smallest absolute Gasteiger partial charge is 0.253 e. The molecular formula is C16H21F2N3O2. The molecule has 0 spiro atoms. The summed E-state index contributed by atoms with van der Waals surface area (Å²) in [6, 6.07) is 3.89. The lowest BCUT2D eigenvalue weighted by Crippen LogP contribution is -2.53. The number of rotatable bonds is 3. The fourth-order valence-corrected chi connectivity index (χ4v) is 3.00. The second-order valence-electron chi connectivity index (χ2n) is 6.13. The quantitative estimate of drug-likeness (QED) is 0.846. The summed E-state index contributed by atoms with van der Waals surface area (Å²) in [4.78, 5) is 20.1. The second-order valence-corrected chi connectivity index (χ2v) is 6.13. The van der Waals surface area contributed by atoms with Gasteiger partial charge in [0.05, 0.1) is 6.61 Å². The number of aromatic nitrogens is 1. The van der Waals surface area contributed by atoms with E-state index in [2.05, 4.69) is 9.88 Å². The number of halogens is 2. The Balaban J connectivity index is 1.55. The van der Waals surface area contributed by atoms with Gasteiger partial charge in [-0.3, -0.25) is 14.7 Å². The van der Waals surface area contributed by atoms with Gasteiger partial charge >= 0.3 is 0 Å². The fraction of sp³-hybridized carbons (Fsp3) is 0.625. The van der Waals surface area contributed by atoms with Gasteiger partial charge in [0, 0.05) is 58.0 Å². The molecule has 1 aromatic heterocycles. The van der Waals surface area contributed by atoms with E-state index in [9.17, 15) is 13.6 Å². The van der Waals surface area contributed by atoms with Gasteiger partial charge in [-0.2, -0.15) is 0 Å². The van der Waals surface area contributed by atoms with Crippen LogP contribution in [0.5, 0.6) is 0 Å². The van der Waals surface area contributed by atoms with Crippen molar-refractivity contribution in [2.24, 2.45) is 0 Å². The van der Waals surface area contributed by atoms with Crippen LogP contribution in [0, 0.1) is 0 Å². The number of pyridine rings is 1. The number of carbonyl (C=O) groups is 1. The Morgan fingerprint density at radius 3 is 2.65 bits per heavy atom. The average Bonchev–Trinajstić information content (AvgIpc) is 2.55. The minimum atomic E-state index is -2.64. The Morgan fingerprint density at radius 1 is 1.26 bits per heavy atom. The molecule has 0 aromatic carbocycles. The molecule has 126 valence electrons. The number of likely N-dealkylation sites (tertiary alicyclic amines) is 1. The number of morpholine rings is 1. The van der Waals surface area contributed by atoms with Crippen molar-refractivity contribution in [3.63, 3.8) is 0 Å². The first-order chi connectivity index (χ1) is 11.0. The first-order valence-electron chi connectivity index (χ1n) is 7.93. The number of piperidine rings is 1. The highest BCUT2D eigenvalue weighted by molar-refractivity contribution is 5.81. The molecule has 0 N–H and O–H groups in total. The number of amides is 1. The Hall–Kier alpha value is -1.60. The van der Waals surface area contributed by atoms with E-state index < -0.39 is 12.0 Å². The van der Waals surface area contributed by atoms with Crippen molar-refractivity contribution in [1.82, 2.24) is 14.8 Å². The third-order valence-electron chi connectivity index (χ3n) is 4.39. The Bertz CT molecular complexity index is 531. The minimum Gasteiger partial charge on any atom is -0.366 e. The van der Waals surface area contributed by atoms with Crippen LogP contribution >= 0.6 is 0 Å². The topological polar surface area (TPSA) is 45.7 Å². The first kappa shape index (κ1) is 16.3. The summed E-state index contributed by atoms with van der Waals surface area (Å²) in [7, 11) is 0. The van der Waals surface area contributed by atoms with Gasteiger partial charge in [-0.15, -0.1) is 0 Å². The molecule has 0 aliphatic carbocycles. The van der Waals surface area contributed by atoms with Gasteiger partial charge in [-0.25, -0.2) is 8.78 Å². The van der Waals surface area contributed by atoms with E-state index in [-0.39, 0.29) is 31.8 Å². The molecular weight excluding hydrogens is 304 g/mol. The fourth-order valence-electron chi connectivity index (χ4n) is 3.00. The van der Waals surface area contributed by atoms with Crippen LogP contribution in [0.2, 0.25) is 0 Å². The summed E-state index contributed by atoms with van der Waals surface area (Å²) < 4.78 is 32.0. The van der Waals surface area contributed by atoms with E-state index in [1.54, 1.807) is 12.4 Å². The maximum Gasteiger partial charge on any atom is 0.253 e. The predicted molar refractivity (Wildman–Crippen MR) is 80.0 cm³/mol. The molecule has 1 unspecified atom stereocenters. The lowest BCUT2D eigenvalue weighted by Gasteiger charge is -2.37. The van der Waals surface area contributed by atoms with Crippen molar-refractivity contribution in [2.75, 3.05) is 32.8 Å². The summed E-state index contributed by atoms with van der Waals surface area (Å²) in [6.45, 7) is 2.67. The Labute approximate surface area is 134 Å². The summed E-state index contributed by atoms with van der Waals surface area (Å²) in [5, 5.41) is 0. The summed E-state index contributed by atoms with van der Waals surface area (Å²) in [5.41, 5.74) is 1.13. The van der Waals surface area contributed by atoms with E-state index >= 15 is 0 Å². The van der Waals surface area contributed by atoms with E-state index in [1.807, 2.05) is 12.1 Å². The number of hydrogen-bond donors (Lipinski definition) is 0. The zero-order valence-electron chi connectivity index (χ0n) is 13.0. The minimum absolute atomic E-state index is 0.107.